The highest BCUT2D eigenvalue weighted by Gasteiger charge is 2.19. The summed E-state index contributed by atoms with van der Waals surface area (Å²) in [4.78, 5) is 15.7. The van der Waals surface area contributed by atoms with Gasteiger partial charge in [-0.3, -0.25) is 0 Å². The van der Waals surface area contributed by atoms with Gasteiger partial charge in [0.05, 0.1) is 0 Å². The molecule has 1 aliphatic rings. The van der Waals surface area contributed by atoms with Gasteiger partial charge in [-0.2, -0.15) is 0 Å². The minimum absolute atomic E-state index is 0.231. The Kier molecular flexibility index (Phi) is 5.25. The molecule has 0 aromatic heterocycles. The van der Waals surface area contributed by atoms with Crippen LogP contribution in [0.3, 0.4) is 0 Å². The maximum Gasteiger partial charge on any atom is 0.410 e. The Hall–Kier alpha value is -0.770. The summed E-state index contributed by atoms with van der Waals surface area (Å²) in [6.45, 7) is 9.73. The standard InChI is InChI=1S/C13H25N2O2/c1-13(2,3)17-12(16)14(4)8-7-11-15-9-5-6-10-15/h5H,6-11H2,1-4H3. The number of nitrogens with zero attached hydrogens (tertiary/aromatic N) is 2. The van der Waals surface area contributed by atoms with Crippen LogP contribution in [0.5, 0.6) is 0 Å². The molecule has 4 heteroatoms. The van der Waals surface area contributed by atoms with Crippen LogP contribution in [0.1, 0.15) is 33.6 Å². The predicted octanol–water partition coefficient (Wildman–Crippen LogP) is 2.15. The molecule has 1 radical (unpaired) electrons. The molecule has 1 aliphatic heterocycles. The van der Waals surface area contributed by atoms with Gasteiger partial charge in [-0.15, -0.1) is 0 Å². The molecule has 0 N–H and O–H groups in total. The van der Waals surface area contributed by atoms with E-state index in [4.69, 9.17) is 4.74 Å². The zero-order chi connectivity index (χ0) is 12.9. The van der Waals surface area contributed by atoms with Crippen LogP contribution in [-0.4, -0.2) is 54.7 Å². The Morgan fingerprint density at radius 1 is 1.47 bits per heavy atom. The smallest absolute Gasteiger partial charge is 0.410 e. The Balaban J connectivity index is 2.15. The van der Waals surface area contributed by atoms with E-state index in [1.54, 1.807) is 11.9 Å². The van der Waals surface area contributed by atoms with Gasteiger partial charge in [-0.25, -0.2) is 4.79 Å². The second-order valence-corrected chi connectivity index (χ2v) is 5.63. The first kappa shape index (κ1) is 14.3. The number of carbonyl (C=O) groups is 1. The maximum absolute atomic E-state index is 11.7. The molecule has 1 rings (SSSR count). The molecule has 1 amide bonds. The number of likely N-dealkylation sites (tertiary alicyclic amines) is 1. The summed E-state index contributed by atoms with van der Waals surface area (Å²) >= 11 is 0. The summed E-state index contributed by atoms with van der Waals surface area (Å²) in [5, 5.41) is 0. The van der Waals surface area contributed by atoms with Crippen molar-refractivity contribution in [1.29, 1.82) is 0 Å². The monoisotopic (exact) mass is 241 g/mol. The Labute approximate surface area is 105 Å². The van der Waals surface area contributed by atoms with E-state index in [1.165, 1.54) is 6.42 Å². The second kappa shape index (κ2) is 6.24. The number of hydrogen-bond donors (Lipinski definition) is 0. The molecule has 1 saturated heterocycles. The van der Waals surface area contributed by atoms with Gasteiger partial charge in [0.25, 0.3) is 0 Å². The third kappa shape index (κ3) is 5.91. The fourth-order valence-electron chi connectivity index (χ4n) is 1.80. The molecule has 4 nitrogen and oxygen atoms in total. The highest BCUT2D eigenvalue weighted by atomic mass is 16.6. The fourth-order valence-corrected chi connectivity index (χ4v) is 1.80. The van der Waals surface area contributed by atoms with Crippen LogP contribution < -0.4 is 0 Å². The van der Waals surface area contributed by atoms with Crippen molar-refractivity contribution in [3.8, 4) is 0 Å². The molecule has 0 spiro atoms. The zero-order valence-corrected chi connectivity index (χ0v) is 11.5. The minimum atomic E-state index is -0.407. The van der Waals surface area contributed by atoms with Crippen molar-refractivity contribution < 1.29 is 9.53 Å². The van der Waals surface area contributed by atoms with Crippen molar-refractivity contribution in [2.75, 3.05) is 33.2 Å². The van der Waals surface area contributed by atoms with Crippen molar-refractivity contribution in [3.63, 3.8) is 0 Å². The highest BCUT2D eigenvalue weighted by molar-refractivity contribution is 5.67. The summed E-state index contributed by atoms with van der Waals surface area (Å²) < 4.78 is 5.29. The summed E-state index contributed by atoms with van der Waals surface area (Å²) in [5.41, 5.74) is -0.407. The number of rotatable bonds is 4. The maximum atomic E-state index is 11.7. The Morgan fingerprint density at radius 2 is 2.18 bits per heavy atom. The van der Waals surface area contributed by atoms with Crippen molar-refractivity contribution in [1.82, 2.24) is 9.80 Å². The molecule has 0 atom stereocenters. The van der Waals surface area contributed by atoms with Crippen LogP contribution >= 0.6 is 0 Å². The quantitative estimate of drug-likeness (QED) is 0.756. The number of ether oxygens (including phenoxy) is 1. The van der Waals surface area contributed by atoms with Crippen LogP contribution in [-0.2, 0) is 4.74 Å². The van der Waals surface area contributed by atoms with Crippen molar-refractivity contribution in [2.24, 2.45) is 0 Å². The Morgan fingerprint density at radius 3 is 2.71 bits per heavy atom. The van der Waals surface area contributed by atoms with Gasteiger partial charge < -0.3 is 14.5 Å². The molecule has 1 heterocycles. The van der Waals surface area contributed by atoms with E-state index in [0.29, 0.717) is 0 Å². The van der Waals surface area contributed by atoms with E-state index in [-0.39, 0.29) is 6.09 Å². The summed E-state index contributed by atoms with van der Waals surface area (Å²) in [6.07, 6.45) is 4.27. The van der Waals surface area contributed by atoms with Crippen LogP contribution in [0.25, 0.3) is 0 Å². The summed E-state index contributed by atoms with van der Waals surface area (Å²) in [5.74, 6) is 0. The molecule has 0 bridgehead atoms. The van der Waals surface area contributed by atoms with Crippen molar-refractivity contribution >= 4 is 6.09 Å². The minimum Gasteiger partial charge on any atom is -0.444 e. The molecule has 0 saturated carbocycles. The molecular formula is C13H25N2O2. The van der Waals surface area contributed by atoms with Crippen LogP contribution in [0, 0.1) is 6.42 Å². The SMILES string of the molecule is CN(CCCN1C[CH]CC1)C(=O)OC(C)(C)C. The van der Waals surface area contributed by atoms with E-state index in [1.807, 2.05) is 20.8 Å². The first-order valence-electron chi connectivity index (χ1n) is 6.36. The van der Waals surface area contributed by atoms with E-state index >= 15 is 0 Å². The number of amides is 1. The zero-order valence-electron chi connectivity index (χ0n) is 11.5. The average Bonchev–Trinajstić information content (AvgIpc) is 2.67. The van der Waals surface area contributed by atoms with Gasteiger partial charge >= 0.3 is 6.09 Å². The largest absolute Gasteiger partial charge is 0.444 e. The summed E-state index contributed by atoms with van der Waals surface area (Å²) in [6, 6.07) is 0. The fraction of sp³-hybridized carbons (Fsp3) is 0.846. The predicted molar refractivity (Wildman–Crippen MR) is 68.8 cm³/mol. The molecule has 0 aliphatic carbocycles. The molecular weight excluding hydrogens is 216 g/mol. The van der Waals surface area contributed by atoms with Crippen LogP contribution in [0.2, 0.25) is 0 Å². The van der Waals surface area contributed by atoms with Gasteiger partial charge in [0.1, 0.15) is 5.60 Å². The van der Waals surface area contributed by atoms with Crippen LogP contribution in [0.15, 0.2) is 0 Å². The van der Waals surface area contributed by atoms with E-state index in [2.05, 4.69) is 11.3 Å². The second-order valence-electron chi connectivity index (χ2n) is 5.63. The lowest BCUT2D eigenvalue weighted by atomic mass is 10.2. The van der Waals surface area contributed by atoms with Gasteiger partial charge in [0.15, 0.2) is 0 Å². The molecule has 1 fully saturated rings. The van der Waals surface area contributed by atoms with Crippen molar-refractivity contribution in [2.45, 2.75) is 39.2 Å². The molecule has 17 heavy (non-hydrogen) atoms. The molecule has 0 aromatic carbocycles. The van der Waals surface area contributed by atoms with Gasteiger partial charge in [-0.1, -0.05) is 0 Å². The lowest BCUT2D eigenvalue weighted by Gasteiger charge is -2.25. The molecule has 0 aromatic rings. The van der Waals surface area contributed by atoms with Gasteiger partial charge in [0, 0.05) is 20.1 Å². The lowest BCUT2D eigenvalue weighted by Crippen LogP contribution is -2.35. The van der Waals surface area contributed by atoms with E-state index < -0.39 is 5.60 Å². The van der Waals surface area contributed by atoms with Crippen LogP contribution in [0.4, 0.5) is 4.79 Å². The first-order chi connectivity index (χ1) is 7.88. The third-order valence-electron chi connectivity index (χ3n) is 2.71. The van der Waals surface area contributed by atoms with Gasteiger partial charge in [0.2, 0.25) is 0 Å². The number of carbonyl (C=O) groups excluding carboxylic acids is 1. The Bertz CT molecular complexity index is 242. The number of hydrogen-bond acceptors (Lipinski definition) is 3. The average molecular weight is 241 g/mol. The topological polar surface area (TPSA) is 32.8 Å². The molecule has 99 valence electrons. The third-order valence-corrected chi connectivity index (χ3v) is 2.71. The van der Waals surface area contributed by atoms with Gasteiger partial charge in [-0.05, 0) is 53.1 Å². The lowest BCUT2D eigenvalue weighted by molar-refractivity contribution is 0.0294. The van der Waals surface area contributed by atoms with E-state index in [0.717, 1.165) is 32.6 Å². The normalized spacial score (nSPS) is 17.2. The summed E-state index contributed by atoms with van der Waals surface area (Å²) in [7, 11) is 1.80. The van der Waals surface area contributed by atoms with Crippen molar-refractivity contribution in [3.05, 3.63) is 6.42 Å². The molecule has 0 unspecified atom stereocenters. The van der Waals surface area contributed by atoms with E-state index in [9.17, 15) is 4.79 Å². The highest BCUT2D eigenvalue weighted by Crippen LogP contribution is 2.10. The first-order valence-corrected chi connectivity index (χ1v) is 6.36.